The number of benzene rings is 2. The summed E-state index contributed by atoms with van der Waals surface area (Å²) in [6.45, 7) is 3.34. The summed E-state index contributed by atoms with van der Waals surface area (Å²) in [5.41, 5.74) is 0.908. The minimum absolute atomic E-state index is 0.0179. The molecule has 34 heavy (non-hydrogen) atoms. The summed E-state index contributed by atoms with van der Waals surface area (Å²) >= 11 is 0. The quantitative estimate of drug-likeness (QED) is 0.381. The fraction of sp³-hybridized carbons (Fsp3) is 0.200. The van der Waals surface area contributed by atoms with Crippen LogP contribution in [0.3, 0.4) is 0 Å². The molecule has 7 nitrogen and oxygen atoms in total. The highest BCUT2D eigenvalue weighted by atomic mass is 19.1. The highest BCUT2D eigenvalue weighted by Crippen LogP contribution is 2.22. The van der Waals surface area contributed by atoms with Crippen LogP contribution in [0.4, 0.5) is 20.3 Å². The van der Waals surface area contributed by atoms with E-state index >= 15 is 0 Å². The van der Waals surface area contributed by atoms with E-state index < -0.39 is 23.4 Å². The van der Waals surface area contributed by atoms with E-state index in [1.165, 1.54) is 18.2 Å². The molecule has 4 rings (SSSR count). The number of carbonyl (C=O) groups is 2. The van der Waals surface area contributed by atoms with Crippen LogP contribution in [0.25, 0.3) is 0 Å². The second-order valence-corrected chi connectivity index (χ2v) is 8.06. The number of hydrogen-bond acceptors (Lipinski definition) is 4. The van der Waals surface area contributed by atoms with Crippen molar-refractivity contribution in [2.45, 2.75) is 19.8 Å². The Kier molecular flexibility index (Phi) is 6.62. The number of hydrogen-bond donors (Lipinski definition) is 3. The first-order valence-electron chi connectivity index (χ1n) is 10.8. The van der Waals surface area contributed by atoms with Gasteiger partial charge in [-0.1, -0.05) is 12.1 Å². The van der Waals surface area contributed by atoms with Crippen molar-refractivity contribution in [1.82, 2.24) is 9.88 Å². The number of carbonyl (C=O) groups excluding carboxylic acids is 2. The van der Waals surface area contributed by atoms with Gasteiger partial charge in [0.25, 0.3) is 11.8 Å². The van der Waals surface area contributed by atoms with Crippen LogP contribution in [0, 0.1) is 24.0 Å². The maximum atomic E-state index is 14.8. The van der Waals surface area contributed by atoms with E-state index in [0.29, 0.717) is 5.56 Å². The van der Waals surface area contributed by atoms with Crippen molar-refractivity contribution in [2.75, 3.05) is 23.7 Å². The highest BCUT2D eigenvalue weighted by Gasteiger charge is 2.21. The number of nitrogens with one attached hydrogen (secondary N) is 3. The zero-order valence-electron chi connectivity index (χ0n) is 18.5. The van der Waals surface area contributed by atoms with Crippen LogP contribution < -0.4 is 10.6 Å². The lowest BCUT2D eigenvalue weighted by Gasteiger charge is -2.19. The second kappa shape index (κ2) is 9.78. The number of aromatic nitrogens is 1. The zero-order chi connectivity index (χ0) is 24.2. The van der Waals surface area contributed by atoms with Crippen LogP contribution in [0.1, 0.15) is 44.7 Å². The number of likely N-dealkylation sites (tertiary alicyclic amines) is 1. The van der Waals surface area contributed by atoms with Gasteiger partial charge in [-0.3, -0.25) is 15.0 Å². The van der Waals surface area contributed by atoms with Gasteiger partial charge in [-0.05, 0) is 61.7 Å². The average Bonchev–Trinajstić information content (AvgIpc) is 3.36. The van der Waals surface area contributed by atoms with Crippen molar-refractivity contribution in [3.8, 4) is 0 Å². The first-order valence-corrected chi connectivity index (χ1v) is 10.8. The van der Waals surface area contributed by atoms with Gasteiger partial charge in [-0.2, -0.15) is 0 Å². The van der Waals surface area contributed by atoms with Crippen molar-refractivity contribution < 1.29 is 18.4 Å². The maximum absolute atomic E-state index is 14.8. The molecule has 0 saturated carbocycles. The Morgan fingerprint density at radius 1 is 0.941 bits per heavy atom. The number of nitrogens with zero attached hydrogens (tertiary/aromatic N) is 2. The summed E-state index contributed by atoms with van der Waals surface area (Å²) in [5.74, 6) is -2.47. The van der Waals surface area contributed by atoms with E-state index in [2.05, 4.69) is 15.6 Å². The van der Waals surface area contributed by atoms with Gasteiger partial charge in [-0.15, -0.1) is 0 Å². The monoisotopic (exact) mass is 463 g/mol. The van der Waals surface area contributed by atoms with Gasteiger partial charge in [0.1, 0.15) is 23.3 Å². The number of amidine groups is 1. The molecule has 0 bridgehead atoms. The zero-order valence-corrected chi connectivity index (χ0v) is 18.5. The lowest BCUT2D eigenvalue weighted by Crippen LogP contribution is -2.28. The molecular weight excluding hydrogens is 440 g/mol. The number of amides is 2. The molecule has 0 atom stereocenters. The molecule has 3 N–H and O–H groups in total. The van der Waals surface area contributed by atoms with Crippen LogP contribution in [0.2, 0.25) is 0 Å². The van der Waals surface area contributed by atoms with E-state index in [9.17, 15) is 18.4 Å². The summed E-state index contributed by atoms with van der Waals surface area (Å²) in [4.78, 5) is 31.5. The third-order valence-corrected chi connectivity index (χ3v) is 5.54. The number of pyridine rings is 1. The number of rotatable bonds is 5. The van der Waals surface area contributed by atoms with Gasteiger partial charge in [0.2, 0.25) is 0 Å². The summed E-state index contributed by atoms with van der Waals surface area (Å²) in [6, 6.07) is 10.6. The molecule has 1 saturated heterocycles. The van der Waals surface area contributed by atoms with Crippen molar-refractivity contribution in [3.63, 3.8) is 0 Å². The molecule has 1 aliphatic heterocycles. The third kappa shape index (κ3) is 5.09. The highest BCUT2D eigenvalue weighted by molar-refractivity contribution is 6.12. The minimum Gasteiger partial charge on any atom is -0.357 e. The molecule has 3 aromatic rings. The van der Waals surface area contributed by atoms with E-state index in [-0.39, 0.29) is 28.5 Å². The molecule has 2 amide bonds. The Bertz CT molecular complexity index is 1250. The van der Waals surface area contributed by atoms with Crippen molar-refractivity contribution >= 4 is 29.2 Å². The van der Waals surface area contributed by atoms with Crippen molar-refractivity contribution in [1.29, 1.82) is 5.41 Å². The van der Waals surface area contributed by atoms with Gasteiger partial charge < -0.3 is 15.5 Å². The first-order chi connectivity index (χ1) is 16.3. The van der Waals surface area contributed by atoms with Gasteiger partial charge in [0, 0.05) is 24.8 Å². The number of anilines is 2. The summed E-state index contributed by atoms with van der Waals surface area (Å²) in [5, 5.41) is 13.3. The molecule has 1 fully saturated rings. The summed E-state index contributed by atoms with van der Waals surface area (Å²) in [6.07, 6.45) is 3.54. The Morgan fingerprint density at radius 2 is 1.68 bits per heavy atom. The second-order valence-electron chi connectivity index (χ2n) is 8.06. The molecule has 2 heterocycles. The smallest absolute Gasteiger partial charge is 0.259 e. The summed E-state index contributed by atoms with van der Waals surface area (Å²) < 4.78 is 28.6. The Balaban J connectivity index is 1.53. The Labute approximate surface area is 195 Å². The molecule has 1 aromatic heterocycles. The fourth-order valence-corrected chi connectivity index (χ4v) is 3.70. The summed E-state index contributed by atoms with van der Waals surface area (Å²) in [7, 11) is 0. The predicted molar refractivity (Wildman–Crippen MR) is 125 cm³/mol. The van der Waals surface area contributed by atoms with Gasteiger partial charge in [0.15, 0.2) is 0 Å². The van der Waals surface area contributed by atoms with Gasteiger partial charge in [-0.25, -0.2) is 13.8 Å². The van der Waals surface area contributed by atoms with E-state index in [0.717, 1.165) is 49.7 Å². The minimum atomic E-state index is -0.800. The van der Waals surface area contributed by atoms with Crippen molar-refractivity contribution in [3.05, 3.63) is 88.6 Å². The lowest BCUT2D eigenvalue weighted by molar-refractivity contribution is 0.102. The molecule has 0 unspecified atom stereocenters. The first kappa shape index (κ1) is 23.0. The van der Waals surface area contributed by atoms with Crippen LogP contribution >= 0.6 is 0 Å². The molecule has 0 spiro atoms. The molecule has 1 aliphatic rings. The van der Waals surface area contributed by atoms with E-state index in [4.69, 9.17) is 5.41 Å². The molecular formula is C25H23F2N5O2. The fourth-order valence-electron chi connectivity index (χ4n) is 3.70. The van der Waals surface area contributed by atoms with Gasteiger partial charge in [0.05, 0.1) is 16.8 Å². The van der Waals surface area contributed by atoms with Crippen LogP contribution in [0.15, 0.2) is 54.7 Å². The Morgan fingerprint density at radius 3 is 2.35 bits per heavy atom. The number of halogens is 2. The van der Waals surface area contributed by atoms with Gasteiger partial charge >= 0.3 is 0 Å². The molecule has 2 aromatic carbocycles. The standard InChI is InChI=1S/C25H23F2N5O2/c1-15-4-9-22(29-14-15)31-25(34)19-13-17(26)6-8-21(19)30-24(33)18-7-5-16(12-20(18)27)23(28)32-10-2-3-11-32/h4-9,12-14,28H,2-3,10-11H2,1H3,(H,30,33)(H,29,31,34). The lowest BCUT2D eigenvalue weighted by atomic mass is 10.1. The van der Waals surface area contributed by atoms with E-state index in [1.54, 1.807) is 18.3 Å². The third-order valence-electron chi connectivity index (χ3n) is 5.54. The van der Waals surface area contributed by atoms with Crippen LogP contribution in [-0.2, 0) is 0 Å². The Hall–Kier alpha value is -4.14. The van der Waals surface area contributed by atoms with E-state index in [1.807, 2.05) is 11.8 Å². The van der Waals surface area contributed by atoms with Crippen LogP contribution in [0.5, 0.6) is 0 Å². The SMILES string of the molecule is Cc1ccc(NC(=O)c2cc(F)ccc2NC(=O)c2ccc(C(=N)N3CCCC3)cc2F)nc1. The predicted octanol–water partition coefficient (Wildman–Crippen LogP) is 4.59. The topological polar surface area (TPSA) is 98.2 Å². The van der Waals surface area contributed by atoms with Crippen LogP contribution in [-0.4, -0.2) is 40.6 Å². The largest absolute Gasteiger partial charge is 0.357 e. The van der Waals surface area contributed by atoms with Crippen molar-refractivity contribution in [2.24, 2.45) is 0 Å². The maximum Gasteiger partial charge on any atom is 0.259 e. The molecule has 0 radical (unpaired) electrons. The molecule has 0 aliphatic carbocycles. The average molecular weight is 463 g/mol. The normalized spacial score (nSPS) is 13.0. The molecule has 174 valence electrons. The molecule has 9 heteroatoms. The number of aryl methyl sites for hydroxylation is 1.